The zero-order valence-electron chi connectivity index (χ0n) is 10.4. The first kappa shape index (κ1) is 14.6. The van der Waals surface area contributed by atoms with Gasteiger partial charge >= 0.3 is 0 Å². The van der Waals surface area contributed by atoms with E-state index >= 15 is 0 Å². The molecule has 0 heterocycles. The molecule has 0 aromatic heterocycles. The van der Waals surface area contributed by atoms with Gasteiger partial charge in [-0.2, -0.15) is 0 Å². The first-order valence-corrected chi connectivity index (χ1v) is 6.62. The van der Waals surface area contributed by atoms with Crippen molar-refractivity contribution in [1.29, 1.82) is 0 Å². The predicted octanol–water partition coefficient (Wildman–Crippen LogP) is 4.42. The van der Waals surface area contributed by atoms with Gasteiger partial charge in [-0.25, -0.2) is 8.78 Å². The monoisotopic (exact) mass is 305 g/mol. The van der Waals surface area contributed by atoms with Crippen LogP contribution >= 0.6 is 15.9 Å². The molecular weight excluding hydrogens is 288 g/mol. The number of hydrogen-bond acceptors (Lipinski definition) is 1. The highest BCUT2D eigenvalue weighted by Crippen LogP contribution is 2.27. The van der Waals surface area contributed by atoms with Gasteiger partial charge in [0.25, 0.3) is 0 Å². The largest absolute Gasteiger partial charge is 0.310 e. The Labute approximate surface area is 110 Å². The van der Waals surface area contributed by atoms with Crippen molar-refractivity contribution in [2.45, 2.75) is 33.2 Å². The van der Waals surface area contributed by atoms with Gasteiger partial charge in [-0.05, 0) is 46.9 Å². The van der Waals surface area contributed by atoms with E-state index in [1.165, 1.54) is 12.1 Å². The summed E-state index contributed by atoms with van der Waals surface area (Å²) in [7, 11) is 0. The van der Waals surface area contributed by atoms with Crippen LogP contribution in [0.4, 0.5) is 8.78 Å². The highest BCUT2D eigenvalue weighted by molar-refractivity contribution is 9.10. The molecular formula is C13H18BrF2N. The molecule has 0 saturated heterocycles. The van der Waals surface area contributed by atoms with Crippen LogP contribution in [0.15, 0.2) is 16.6 Å². The average molecular weight is 306 g/mol. The van der Waals surface area contributed by atoms with Crippen molar-refractivity contribution < 1.29 is 8.78 Å². The lowest BCUT2D eigenvalue weighted by Crippen LogP contribution is -2.23. The number of benzene rings is 1. The molecule has 1 aromatic rings. The van der Waals surface area contributed by atoms with Crippen LogP contribution in [0.2, 0.25) is 0 Å². The summed E-state index contributed by atoms with van der Waals surface area (Å²) in [4.78, 5) is 0. The van der Waals surface area contributed by atoms with Crippen LogP contribution in [0.5, 0.6) is 0 Å². The molecule has 1 nitrogen and oxygen atoms in total. The molecule has 4 heteroatoms. The molecule has 0 aliphatic heterocycles. The van der Waals surface area contributed by atoms with Gasteiger partial charge in [-0.15, -0.1) is 0 Å². The minimum atomic E-state index is -0.423. The van der Waals surface area contributed by atoms with Crippen molar-refractivity contribution in [3.05, 3.63) is 33.8 Å². The van der Waals surface area contributed by atoms with Crippen molar-refractivity contribution in [3.63, 3.8) is 0 Å². The van der Waals surface area contributed by atoms with E-state index in [2.05, 4.69) is 35.1 Å². The smallest absolute Gasteiger partial charge is 0.137 e. The van der Waals surface area contributed by atoms with Crippen LogP contribution in [0.1, 0.15) is 38.8 Å². The van der Waals surface area contributed by atoms with E-state index in [9.17, 15) is 8.78 Å². The van der Waals surface area contributed by atoms with Crippen LogP contribution in [0.3, 0.4) is 0 Å². The van der Waals surface area contributed by atoms with Crippen LogP contribution in [0, 0.1) is 17.6 Å². The molecule has 1 rings (SSSR count). The lowest BCUT2D eigenvalue weighted by Gasteiger charge is -2.21. The third-order valence-electron chi connectivity index (χ3n) is 2.57. The summed E-state index contributed by atoms with van der Waals surface area (Å²) in [5.74, 6) is -0.372. The van der Waals surface area contributed by atoms with Gasteiger partial charge in [-0.3, -0.25) is 0 Å². The van der Waals surface area contributed by atoms with Crippen molar-refractivity contribution >= 4 is 15.9 Å². The Morgan fingerprint density at radius 1 is 1.24 bits per heavy atom. The van der Waals surface area contributed by atoms with Gasteiger partial charge in [0.2, 0.25) is 0 Å². The molecule has 17 heavy (non-hydrogen) atoms. The van der Waals surface area contributed by atoms with Gasteiger partial charge in [0.05, 0.1) is 4.47 Å². The normalized spacial score (nSPS) is 13.1. The molecule has 1 N–H and O–H groups in total. The first-order valence-electron chi connectivity index (χ1n) is 5.83. The minimum absolute atomic E-state index is 0.136. The van der Waals surface area contributed by atoms with Crippen LogP contribution in [-0.2, 0) is 0 Å². The number of rotatable bonds is 5. The number of nitrogens with one attached hydrogen (secondary N) is 1. The zero-order chi connectivity index (χ0) is 13.0. The summed E-state index contributed by atoms with van der Waals surface area (Å²) in [5, 5.41) is 3.20. The quantitative estimate of drug-likeness (QED) is 0.794. The minimum Gasteiger partial charge on any atom is -0.310 e. The Kier molecular flexibility index (Phi) is 5.53. The molecule has 0 aliphatic carbocycles. The second-order valence-corrected chi connectivity index (χ2v) is 5.38. The van der Waals surface area contributed by atoms with E-state index in [1.54, 1.807) is 0 Å². The van der Waals surface area contributed by atoms with Crippen LogP contribution < -0.4 is 5.32 Å². The molecule has 0 aliphatic rings. The third-order valence-corrected chi connectivity index (χ3v) is 3.18. The third kappa shape index (κ3) is 4.03. The highest BCUT2D eigenvalue weighted by Gasteiger charge is 2.18. The number of hydrogen-bond donors (Lipinski definition) is 1. The van der Waals surface area contributed by atoms with Crippen molar-refractivity contribution in [1.82, 2.24) is 5.32 Å². The molecule has 0 bridgehead atoms. The fourth-order valence-corrected chi connectivity index (χ4v) is 2.16. The summed E-state index contributed by atoms with van der Waals surface area (Å²) in [5.41, 5.74) is 0.404. The first-order chi connectivity index (χ1) is 7.95. The lowest BCUT2D eigenvalue weighted by molar-refractivity contribution is 0.421. The molecule has 0 fully saturated rings. The maximum atomic E-state index is 13.8. The maximum absolute atomic E-state index is 13.8. The Hall–Kier alpha value is -0.480. The molecule has 1 unspecified atom stereocenters. The van der Waals surface area contributed by atoms with Gasteiger partial charge in [0, 0.05) is 11.6 Å². The summed E-state index contributed by atoms with van der Waals surface area (Å²) in [6.45, 7) is 6.82. The van der Waals surface area contributed by atoms with E-state index in [1.807, 2.05) is 6.92 Å². The van der Waals surface area contributed by atoms with Crippen molar-refractivity contribution in [2.75, 3.05) is 6.54 Å². The van der Waals surface area contributed by atoms with Gasteiger partial charge in [0.1, 0.15) is 11.6 Å². The zero-order valence-corrected chi connectivity index (χ0v) is 11.9. The standard InChI is InChI=1S/C13H18BrF2N/c1-4-17-13(5-8(2)3)9-6-12(16)10(14)7-11(9)15/h6-8,13,17H,4-5H2,1-3H3. The molecule has 0 spiro atoms. The Morgan fingerprint density at radius 3 is 2.41 bits per heavy atom. The van der Waals surface area contributed by atoms with Gasteiger partial charge in [0.15, 0.2) is 0 Å². The van der Waals surface area contributed by atoms with Crippen LogP contribution in [-0.4, -0.2) is 6.54 Å². The van der Waals surface area contributed by atoms with Crippen molar-refractivity contribution in [3.8, 4) is 0 Å². The van der Waals surface area contributed by atoms with Gasteiger partial charge in [-0.1, -0.05) is 20.8 Å². The maximum Gasteiger partial charge on any atom is 0.137 e. The van der Waals surface area contributed by atoms with Crippen LogP contribution in [0.25, 0.3) is 0 Å². The predicted molar refractivity (Wildman–Crippen MR) is 69.9 cm³/mol. The molecule has 1 aromatic carbocycles. The molecule has 1 atom stereocenters. The average Bonchev–Trinajstić information content (AvgIpc) is 2.22. The SMILES string of the molecule is CCNC(CC(C)C)c1cc(F)c(Br)cc1F. The van der Waals surface area contributed by atoms with E-state index in [0.29, 0.717) is 11.5 Å². The molecule has 0 saturated carbocycles. The topological polar surface area (TPSA) is 12.0 Å². The van der Waals surface area contributed by atoms with Gasteiger partial charge < -0.3 is 5.32 Å². The van der Waals surface area contributed by atoms with E-state index < -0.39 is 5.82 Å². The highest BCUT2D eigenvalue weighted by atomic mass is 79.9. The second-order valence-electron chi connectivity index (χ2n) is 4.53. The van der Waals surface area contributed by atoms with E-state index in [-0.39, 0.29) is 16.3 Å². The Morgan fingerprint density at radius 2 is 1.88 bits per heavy atom. The van der Waals surface area contributed by atoms with Crippen molar-refractivity contribution in [2.24, 2.45) is 5.92 Å². The summed E-state index contributed by atoms with van der Waals surface area (Å²) in [6.07, 6.45) is 0.784. The second kappa shape index (κ2) is 6.45. The summed E-state index contributed by atoms with van der Waals surface area (Å²) in [6, 6.07) is 2.33. The Bertz CT molecular complexity index is 380. The Balaban J connectivity index is 3.04. The lowest BCUT2D eigenvalue weighted by atomic mass is 9.96. The fourth-order valence-electron chi connectivity index (χ4n) is 1.84. The summed E-state index contributed by atoms with van der Waals surface area (Å²) < 4.78 is 27.4. The molecule has 0 radical (unpaired) electrons. The van der Waals surface area contributed by atoms with E-state index in [4.69, 9.17) is 0 Å². The summed E-state index contributed by atoms with van der Waals surface area (Å²) >= 11 is 2.98. The molecule has 0 amide bonds. The number of halogens is 3. The van der Waals surface area contributed by atoms with E-state index in [0.717, 1.165) is 13.0 Å². The fraction of sp³-hybridized carbons (Fsp3) is 0.538. The molecule has 96 valence electrons.